The van der Waals surface area contributed by atoms with E-state index in [1.165, 1.54) is 31.2 Å². The van der Waals surface area contributed by atoms with Crippen LogP contribution in [0.15, 0.2) is 149 Å². The smallest absolute Gasteiger partial charge is 0.336 e. The summed E-state index contributed by atoms with van der Waals surface area (Å²) in [7, 11) is 0. The van der Waals surface area contributed by atoms with E-state index in [4.69, 9.17) is 55.1 Å². The second-order valence-corrected chi connectivity index (χ2v) is 25.7. The Bertz CT molecular complexity index is 5150. The van der Waals surface area contributed by atoms with Crippen molar-refractivity contribution in [2.45, 2.75) is 115 Å². The van der Waals surface area contributed by atoms with Gasteiger partial charge in [-0.3, -0.25) is 9.59 Å². The Labute approximate surface area is 603 Å². The third-order valence-electron chi connectivity index (χ3n) is 18.1. The molecule has 9 N–H and O–H groups in total. The fraction of sp³-hybridized carbons (Fsp3) is 0.244. The molecule has 18 nitrogen and oxygen atoms in total. The van der Waals surface area contributed by atoms with Crippen LogP contribution >= 0.6 is 0 Å². The topological polar surface area (TPSA) is 295 Å². The van der Waals surface area contributed by atoms with Gasteiger partial charge in [-0.1, -0.05) is 6.07 Å². The molecule has 8 aromatic carbocycles. The van der Waals surface area contributed by atoms with Crippen molar-refractivity contribution in [1.82, 2.24) is 0 Å². The maximum absolute atomic E-state index is 14.1. The number of halogens is 12. The van der Waals surface area contributed by atoms with Crippen molar-refractivity contribution in [3.05, 3.63) is 284 Å². The van der Waals surface area contributed by atoms with Crippen molar-refractivity contribution in [3.8, 4) is 28.7 Å². The first kappa shape index (κ1) is 77.6. The van der Waals surface area contributed by atoms with Gasteiger partial charge in [-0.15, -0.1) is 0 Å². The van der Waals surface area contributed by atoms with Crippen LogP contribution in [0.3, 0.4) is 0 Å². The second kappa shape index (κ2) is 31.9. The lowest BCUT2D eigenvalue weighted by Gasteiger charge is -2.32. The number of rotatable bonds is 7. The van der Waals surface area contributed by atoms with E-state index in [0.717, 1.165) is 57.1 Å². The summed E-state index contributed by atoms with van der Waals surface area (Å²) in [5.74, 6) is -12.6. The summed E-state index contributed by atoms with van der Waals surface area (Å²) in [5.41, 5.74) is 27.8. The number of phenolic OH excluding ortho intramolecular Hbond substituents is 1. The van der Waals surface area contributed by atoms with Crippen molar-refractivity contribution in [1.29, 1.82) is 0 Å². The van der Waals surface area contributed by atoms with Gasteiger partial charge in [0.25, 0.3) is 0 Å². The molecular formula is C78H64F12N4O14. The summed E-state index contributed by atoms with van der Waals surface area (Å²) < 4.78 is 206. The van der Waals surface area contributed by atoms with Crippen molar-refractivity contribution in [3.63, 3.8) is 0 Å². The zero-order valence-electron chi connectivity index (χ0n) is 57.5. The van der Waals surface area contributed by atoms with Gasteiger partial charge in [0.1, 0.15) is 105 Å². The second-order valence-electron chi connectivity index (χ2n) is 25.7. The van der Waals surface area contributed by atoms with Crippen LogP contribution in [-0.4, -0.2) is 47.6 Å². The number of fused-ring (bicyclic) bond motifs is 10. The molecule has 3 aromatic heterocycles. The van der Waals surface area contributed by atoms with Crippen molar-refractivity contribution in [2.75, 3.05) is 6.61 Å². The fourth-order valence-electron chi connectivity index (χ4n) is 12.9. The number of aromatic hydroxyl groups is 1. The SMILES string of the molecule is CCOC(=O)CC(C)=O.Cc1cc(=O)oc2c3c(ccc12)OC(c1cc(F)c(F)cc1F)C(N)C3.Cc1cc(=O)oc2c3c(ccc12)O[C@@H](c1cc(F)c(F)cc1F)[C@H](N)C3.Cc1cc(=O)oc2c3c(ccc12)O[C@H](c1cc(F)c(F)cc1F)[C@@H](N)C3.NC1Cc2c(O)cccc2OC1c1cc(F)c(F)cc1F. The predicted molar refractivity (Wildman–Crippen MR) is 367 cm³/mol. The molecule has 564 valence electrons. The van der Waals surface area contributed by atoms with E-state index in [1.807, 2.05) is 0 Å². The number of benzene rings is 8. The molecule has 30 heteroatoms. The first-order valence-electron chi connectivity index (χ1n) is 33.1. The van der Waals surface area contributed by atoms with Gasteiger partial charge in [-0.05, 0) is 150 Å². The monoisotopic (exact) mass is 1510 g/mol. The molecule has 11 aromatic rings. The van der Waals surface area contributed by atoms with Gasteiger partial charge in [-0.25, -0.2) is 67.1 Å². The van der Waals surface area contributed by atoms with Gasteiger partial charge >= 0.3 is 22.8 Å². The van der Waals surface area contributed by atoms with E-state index in [1.54, 1.807) is 76.2 Å². The van der Waals surface area contributed by atoms with Crippen LogP contribution in [0.25, 0.3) is 32.9 Å². The van der Waals surface area contributed by atoms with Crippen LogP contribution in [0.4, 0.5) is 52.7 Å². The number of phenols is 1. The Morgan fingerprint density at radius 2 is 0.667 bits per heavy atom. The summed E-state index contributed by atoms with van der Waals surface area (Å²) in [6.07, 6.45) is -3.12. The van der Waals surface area contributed by atoms with Crippen LogP contribution < -0.4 is 58.8 Å². The molecule has 0 saturated carbocycles. The fourth-order valence-corrected chi connectivity index (χ4v) is 12.9. The van der Waals surface area contributed by atoms with E-state index >= 15 is 0 Å². The molecule has 7 heterocycles. The molecule has 0 radical (unpaired) electrons. The average molecular weight is 1510 g/mol. The maximum atomic E-state index is 14.1. The summed E-state index contributed by atoms with van der Waals surface area (Å²) in [6.45, 7) is 8.76. The highest BCUT2D eigenvalue weighted by Gasteiger charge is 2.38. The molecule has 0 aliphatic carbocycles. The van der Waals surface area contributed by atoms with Gasteiger partial charge in [0.2, 0.25) is 0 Å². The van der Waals surface area contributed by atoms with E-state index in [9.17, 15) is 81.8 Å². The lowest BCUT2D eigenvalue weighted by Crippen LogP contribution is -2.38. The molecular weight excluding hydrogens is 1440 g/mol. The minimum atomic E-state index is -1.28. The number of carbonyl (C=O) groups excluding carboxylic acids is 2. The Morgan fingerprint density at radius 1 is 0.398 bits per heavy atom. The summed E-state index contributed by atoms with van der Waals surface area (Å²) in [5, 5.41) is 12.0. The van der Waals surface area contributed by atoms with Gasteiger partial charge in [0.15, 0.2) is 46.5 Å². The minimum absolute atomic E-state index is 0.0344. The third-order valence-corrected chi connectivity index (χ3v) is 18.1. The highest BCUT2D eigenvalue weighted by Crippen LogP contribution is 2.45. The standard InChI is InChI=1S/3C19H14F3NO3.C15H12F3NO2.C6H10O3/c3*1-8-4-17(24)26-18-9(8)2-3-16-11(18)6-15(23)19(25-16)10-5-13(21)14(22)7-12(10)20;16-9-6-11(18)10(17)4-7(9)15-12(19)5-8-13(20)2-1-3-14(8)21-15;1-3-9-6(8)4-5(2)7/h3*2-5,7,15,19H,6,23H2,1H3;1-4,6,12,15,20H,5,19H2;3-4H2,1-2H3/t2*15-,19+;;;/m10.../s1. The number of ether oxygens (including phenoxy) is 5. The maximum Gasteiger partial charge on any atom is 0.336 e. The first-order valence-corrected chi connectivity index (χ1v) is 33.1. The van der Waals surface area contributed by atoms with Crippen LogP contribution in [0, 0.1) is 90.6 Å². The molecule has 15 rings (SSSR count). The Hall–Kier alpha value is -11.5. The van der Waals surface area contributed by atoms with E-state index in [2.05, 4.69) is 4.74 Å². The summed E-state index contributed by atoms with van der Waals surface area (Å²) in [4.78, 5) is 55.8. The number of hydrogen-bond donors (Lipinski definition) is 5. The highest BCUT2D eigenvalue weighted by molar-refractivity contribution is 5.94. The zero-order valence-corrected chi connectivity index (χ0v) is 57.5. The number of nitrogens with two attached hydrogens (primary N) is 4. The van der Waals surface area contributed by atoms with Crippen LogP contribution in [0.5, 0.6) is 28.7 Å². The summed E-state index contributed by atoms with van der Waals surface area (Å²) in [6, 6.07) is 21.0. The molecule has 0 fully saturated rings. The first-order chi connectivity index (χ1) is 51.2. The number of esters is 1. The average Bonchev–Trinajstić information content (AvgIpc) is 0.785. The summed E-state index contributed by atoms with van der Waals surface area (Å²) >= 11 is 0. The molecule has 4 aliphatic rings. The van der Waals surface area contributed by atoms with Gasteiger partial charge in [0, 0.05) is 103 Å². The molecule has 0 bridgehead atoms. The van der Waals surface area contributed by atoms with Crippen LogP contribution in [0.2, 0.25) is 0 Å². The van der Waals surface area contributed by atoms with E-state index in [-0.39, 0.29) is 65.9 Å². The Kier molecular flexibility index (Phi) is 22.9. The highest BCUT2D eigenvalue weighted by atomic mass is 19.2. The van der Waals surface area contributed by atoms with Gasteiger partial charge < -0.3 is 65.0 Å². The quantitative estimate of drug-likeness (QED) is 0.0326. The normalized spacial score (nSPS) is 18.7. The van der Waals surface area contributed by atoms with Crippen LogP contribution in [-0.2, 0) is 40.0 Å². The van der Waals surface area contributed by atoms with E-state index < -0.39 is 141 Å². The lowest BCUT2D eigenvalue weighted by atomic mass is 9.91. The number of aryl methyl sites for hydroxylation is 3. The van der Waals surface area contributed by atoms with Crippen LogP contribution in [0.1, 0.15) is 106 Å². The van der Waals surface area contributed by atoms with Crippen molar-refractivity contribution < 1.29 is 104 Å². The van der Waals surface area contributed by atoms with Gasteiger partial charge in [-0.2, -0.15) is 0 Å². The molecule has 108 heavy (non-hydrogen) atoms. The molecule has 4 unspecified atom stereocenters. The lowest BCUT2D eigenvalue weighted by molar-refractivity contribution is -0.145. The van der Waals surface area contributed by atoms with Crippen molar-refractivity contribution in [2.24, 2.45) is 22.9 Å². The Balaban J connectivity index is 0.000000138. The Morgan fingerprint density at radius 3 is 0.944 bits per heavy atom. The number of carbonyl (C=O) groups is 2. The number of Topliss-reactive ketones (excluding diaryl/α,β-unsaturated/α-hetero) is 1. The van der Waals surface area contributed by atoms with Crippen molar-refractivity contribution >= 4 is 44.7 Å². The molecule has 0 spiro atoms. The van der Waals surface area contributed by atoms with E-state index in [0.29, 0.717) is 92.9 Å². The third kappa shape index (κ3) is 16.4. The molecule has 8 atom stereocenters. The predicted octanol–water partition coefficient (Wildman–Crippen LogP) is 13.9. The largest absolute Gasteiger partial charge is 0.508 e. The zero-order chi connectivity index (χ0) is 78.2. The number of hydrogen-bond acceptors (Lipinski definition) is 18. The van der Waals surface area contributed by atoms with Gasteiger partial charge in [0.05, 0.1) is 30.8 Å². The minimum Gasteiger partial charge on any atom is -0.508 e. The molecule has 0 saturated heterocycles. The molecule has 0 amide bonds. The number of ketones is 1. The molecule has 4 aliphatic heterocycles.